The van der Waals surface area contributed by atoms with Crippen molar-refractivity contribution in [2.45, 2.75) is 30.6 Å². The summed E-state index contributed by atoms with van der Waals surface area (Å²) in [4.78, 5) is 9.33. The predicted octanol–water partition coefficient (Wildman–Crippen LogP) is 3.89. The zero-order valence-electron chi connectivity index (χ0n) is 20.4. The van der Waals surface area contributed by atoms with Crippen LogP contribution in [-0.4, -0.2) is 52.7 Å². The van der Waals surface area contributed by atoms with Gasteiger partial charge in [-0.05, 0) is 61.8 Å². The maximum atomic E-state index is 12.9. The summed E-state index contributed by atoms with van der Waals surface area (Å²) in [5.74, 6) is 2.98. The minimum atomic E-state index is -3.71. The molecule has 0 unspecified atom stereocenters. The Morgan fingerprint density at radius 1 is 0.943 bits per heavy atom. The van der Waals surface area contributed by atoms with Crippen LogP contribution < -0.4 is 24.8 Å². The molecule has 2 aromatic carbocycles. The van der Waals surface area contributed by atoms with Crippen LogP contribution in [0.15, 0.2) is 47.4 Å². The normalized spacial score (nSPS) is 18.3. The summed E-state index contributed by atoms with van der Waals surface area (Å²) in [7, 11) is 1.11. The van der Waals surface area contributed by atoms with Crippen LogP contribution in [0.4, 0.5) is 11.8 Å². The first-order valence-electron chi connectivity index (χ1n) is 11.8. The zero-order chi connectivity index (χ0) is 24.8. The highest BCUT2D eigenvalue weighted by molar-refractivity contribution is 7.89. The van der Waals surface area contributed by atoms with Crippen LogP contribution in [0.1, 0.15) is 25.7 Å². The van der Waals surface area contributed by atoms with Crippen molar-refractivity contribution in [3.63, 3.8) is 0 Å². The largest absolute Gasteiger partial charge is 0.497 e. The second-order valence-corrected chi connectivity index (χ2v) is 10.5. The van der Waals surface area contributed by atoms with E-state index in [4.69, 9.17) is 9.47 Å². The van der Waals surface area contributed by atoms with Crippen LogP contribution in [0.2, 0.25) is 0 Å². The van der Waals surface area contributed by atoms with Gasteiger partial charge in [0.25, 0.3) is 0 Å². The predicted molar refractivity (Wildman–Crippen MR) is 138 cm³/mol. The highest BCUT2D eigenvalue weighted by atomic mass is 32.2. The summed E-state index contributed by atoms with van der Waals surface area (Å²) in [6.45, 7) is 1.20. The van der Waals surface area contributed by atoms with Gasteiger partial charge in [-0.3, -0.25) is 0 Å². The van der Waals surface area contributed by atoms with E-state index in [1.165, 1.54) is 20.3 Å². The van der Waals surface area contributed by atoms with Gasteiger partial charge in [0.15, 0.2) is 0 Å². The first-order chi connectivity index (χ1) is 16.9. The average Bonchev–Trinajstić information content (AvgIpc) is 2.90. The molecule has 9 nitrogen and oxygen atoms in total. The van der Waals surface area contributed by atoms with Gasteiger partial charge in [0.1, 0.15) is 22.2 Å². The Labute approximate surface area is 206 Å². The molecule has 3 N–H and O–H groups in total. The monoisotopic (exact) mass is 499 g/mol. The molecule has 1 heterocycles. The van der Waals surface area contributed by atoms with Gasteiger partial charge in [0.2, 0.25) is 16.0 Å². The van der Waals surface area contributed by atoms with E-state index in [1.807, 2.05) is 31.3 Å². The third-order valence-corrected chi connectivity index (χ3v) is 8.02. The molecule has 0 amide bonds. The summed E-state index contributed by atoms with van der Waals surface area (Å²) in [5.41, 5.74) is 0.901. The Hall–Kier alpha value is -3.11. The maximum Gasteiger partial charge on any atom is 0.244 e. The molecule has 3 aromatic rings. The van der Waals surface area contributed by atoms with E-state index in [0.29, 0.717) is 35.8 Å². The Morgan fingerprint density at radius 2 is 1.66 bits per heavy atom. The van der Waals surface area contributed by atoms with E-state index in [2.05, 4.69) is 25.3 Å². The fraction of sp³-hybridized carbons (Fsp3) is 0.440. The Balaban J connectivity index is 1.29. The SMILES string of the molecule is CNc1nc(NCC2CCC(CNS(=O)(=O)c3cc(OC)ccc3OC)CC2)nc2ccccc12. The molecule has 10 heteroatoms. The first kappa shape index (κ1) is 25.0. The third-order valence-electron chi connectivity index (χ3n) is 6.58. The molecule has 0 bridgehead atoms. The number of fused-ring (bicyclic) bond motifs is 1. The van der Waals surface area contributed by atoms with E-state index in [9.17, 15) is 8.42 Å². The molecule has 0 spiro atoms. The van der Waals surface area contributed by atoms with Crippen molar-refractivity contribution in [3.05, 3.63) is 42.5 Å². The second kappa shape index (κ2) is 11.1. The lowest BCUT2D eigenvalue weighted by molar-refractivity contribution is 0.284. The van der Waals surface area contributed by atoms with Crippen LogP contribution in [0.3, 0.4) is 0 Å². The number of nitrogens with one attached hydrogen (secondary N) is 3. The molecule has 1 fully saturated rings. The van der Waals surface area contributed by atoms with Gasteiger partial charge in [-0.25, -0.2) is 18.1 Å². The molecule has 0 saturated heterocycles. The van der Waals surface area contributed by atoms with E-state index in [1.54, 1.807) is 12.1 Å². The van der Waals surface area contributed by atoms with Crippen LogP contribution in [0.25, 0.3) is 10.9 Å². The standard InChI is InChI=1S/C25H33N5O4S/c1-26-24-20-6-4-5-7-21(20)29-25(30-24)27-15-17-8-10-18(11-9-17)16-28-35(31,32)23-14-19(33-2)12-13-22(23)34-3/h4-7,12-14,17-18,28H,8-11,15-16H2,1-3H3,(H2,26,27,29,30). The number of hydrogen-bond acceptors (Lipinski definition) is 8. The van der Waals surface area contributed by atoms with Crippen LogP contribution in [0, 0.1) is 11.8 Å². The molecule has 35 heavy (non-hydrogen) atoms. The van der Waals surface area contributed by atoms with E-state index < -0.39 is 10.0 Å². The summed E-state index contributed by atoms with van der Waals surface area (Å²) in [6, 6.07) is 12.7. The molecular formula is C25H33N5O4S. The van der Waals surface area contributed by atoms with Gasteiger partial charge in [-0.1, -0.05) is 12.1 Å². The van der Waals surface area contributed by atoms with Crippen molar-refractivity contribution >= 4 is 32.7 Å². The molecular weight excluding hydrogens is 466 g/mol. The number of sulfonamides is 1. The van der Waals surface area contributed by atoms with Crippen molar-refractivity contribution in [2.24, 2.45) is 11.8 Å². The number of hydrogen-bond donors (Lipinski definition) is 3. The number of ether oxygens (including phenoxy) is 2. The summed E-state index contributed by atoms with van der Waals surface area (Å²) in [5, 5.41) is 7.54. The lowest BCUT2D eigenvalue weighted by Crippen LogP contribution is -2.32. The van der Waals surface area contributed by atoms with Gasteiger partial charge in [-0.15, -0.1) is 0 Å². The minimum Gasteiger partial charge on any atom is -0.497 e. The molecule has 0 aliphatic heterocycles. The highest BCUT2D eigenvalue weighted by Gasteiger charge is 2.25. The Kier molecular flexibility index (Phi) is 7.92. The quantitative estimate of drug-likeness (QED) is 0.385. The van der Waals surface area contributed by atoms with Gasteiger partial charge in [0, 0.05) is 31.6 Å². The second-order valence-electron chi connectivity index (χ2n) is 8.80. The summed E-state index contributed by atoms with van der Waals surface area (Å²) >= 11 is 0. The van der Waals surface area contributed by atoms with Crippen molar-refractivity contribution < 1.29 is 17.9 Å². The minimum absolute atomic E-state index is 0.0913. The number of anilines is 2. The van der Waals surface area contributed by atoms with Crippen molar-refractivity contribution in [3.8, 4) is 11.5 Å². The molecule has 0 atom stereocenters. The van der Waals surface area contributed by atoms with Crippen molar-refractivity contribution in [1.29, 1.82) is 0 Å². The molecule has 1 aliphatic carbocycles. The van der Waals surface area contributed by atoms with Crippen LogP contribution in [-0.2, 0) is 10.0 Å². The topological polar surface area (TPSA) is 114 Å². The van der Waals surface area contributed by atoms with Crippen molar-refractivity contribution in [2.75, 3.05) is 45.0 Å². The van der Waals surface area contributed by atoms with Crippen LogP contribution in [0.5, 0.6) is 11.5 Å². The number of benzene rings is 2. The van der Waals surface area contributed by atoms with Crippen molar-refractivity contribution in [1.82, 2.24) is 14.7 Å². The lowest BCUT2D eigenvalue weighted by Gasteiger charge is -2.28. The van der Waals surface area contributed by atoms with Crippen LogP contribution >= 0.6 is 0 Å². The van der Waals surface area contributed by atoms with Gasteiger partial charge in [-0.2, -0.15) is 4.98 Å². The molecule has 188 valence electrons. The van der Waals surface area contributed by atoms with Gasteiger partial charge >= 0.3 is 0 Å². The van der Waals surface area contributed by atoms with E-state index in [-0.39, 0.29) is 4.90 Å². The Bertz CT molecular complexity index is 1260. The fourth-order valence-electron chi connectivity index (χ4n) is 4.52. The van der Waals surface area contributed by atoms with E-state index >= 15 is 0 Å². The number of para-hydroxylation sites is 1. The maximum absolute atomic E-state index is 12.9. The zero-order valence-corrected chi connectivity index (χ0v) is 21.2. The number of methoxy groups -OCH3 is 2. The number of nitrogens with zero attached hydrogens (tertiary/aromatic N) is 2. The number of rotatable bonds is 10. The molecule has 1 aromatic heterocycles. The first-order valence-corrected chi connectivity index (χ1v) is 13.3. The van der Waals surface area contributed by atoms with Gasteiger partial charge < -0.3 is 20.1 Å². The van der Waals surface area contributed by atoms with Gasteiger partial charge in [0.05, 0.1) is 19.7 Å². The third kappa shape index (κ3) is 5.94. The summed E-state index contributed by atoms with van der Waals surface area (Å²) in [6.07, 6.45) is 3.97. The molecule has 4 rings (SSSR count). The molecule has 1 saturated carbocycles. The molecule has 1 aliphatic rings. The average molecular weight is 500 g/mol. The highest BCUT2D eigenvalue weighted by Crippen LogP contribution is 2.31. The summed E-state index contributed by atoms with van der Waals surface area (Å²) < 4.78 is 39.0. The number of aromatic nitrogens is 2. The molecule has 0 radical (unpaired) electrons. The smallest absolute Gasteiger partial charge is 0.244 e. The van der Waals surface area contributed by atoms with E-state index in [0.717, 1.165) is 48.9 Å². The lowest BCUT2D eigenvalue weighted by atomic mass is 9.82. The fourth-order valence-corrected chi connectivity index (χ4v) is 5.82. The Morgan fingerprint density at radius 3 is 2.34 bits per heavy atom.